The summed E-state index contributed by atoms with van der Waals surface area (Å²) in [4.78, 5) is 11.6. The van der Waals surface area contributed by atoms with Crippen LogP contribution in [0.1, 0.15) is 5.56 Å². The molecular formula is C11H14ClNO3. The van der Waals surface area contributed by atoms with Gasteiger partial charge in [-0.05, 0) is 11.6 Å². The van der Waals surface area contributed by atoms with Crippen LogP contribution >= 0.6 is 11.6 Å². The highest BCUT2D eigenvalue weighted by Gasteiger charge is 2.13. The first kappa shape index (κ1) is 12.8. The van der Waals surface area contributed by atoms with Crippen LogP contribution in [0.4, 0.5) is 4.79 Å². The third kappa shape index (κ3) is 3.72. The highest BCUT2D eigenvalue weighted by molar-refractivity contribution is 6.31. The summed E-state index contributed by atoms with van der Waals surface area (Å²) in [5.41, 5.74) is 0.815. The summed E-state index contributed by atoms with van der Waals surface area (Å²) >= 11 is 5.93. The van der Waals surface area contributed by atoms with E-state index in [4.69, 9.17) is 16.7 Å². The van der Waals surface area contributed by atoms with Crippen molar-refractivity contribution in [1.82, 2.24) is 4.90 Å². The summed E-state index contributed by atoms with van der Waals surface area (Å²) in [6, 6.07) is 7.19. The monoisotopic (exact) mass is 243 g/mol. The molecule has 1 aromatic rings. The molecule has 1 aromatic carbocycles. The van der Waals surface area contributed by atoms with E-state index in [1.54, 1.807) is 6.07 Å². The quantitative estimate of drug-likeness (QED) is 0.849. The number of likely N-dealkylation sites (N-methyl/N-ethyl adjacent to an activating group) is 1. The Morgan fingerprint density at radius 2 is 2.12 bits per heavy atom. The van der Waals surface area contributed by atoms with E-state index in [1.807, 2.05) is 18.2 Å². The number of hydrogen-bond acceptors (Lipinski definition) is 2. The smallest absolute Gasteiger partial charge is 0.407 e. The molecule has 0 fully saturated rings. The van der Waals surface area contributed by atoms with Crippen LogP contribution in [0, 0.1) is 0 Å². The lowest BCUT2D eigenvalue weighted by atomic mass is 10.1. The maximum absolute atomic E-state index is 10.5. The van der Waals surface area contributed by atoms with Crippen molar-refractivity contribution < 1.29 is 15.0 Å². The Balaban J connectivity index is 2.55. The average Bonchev–Trinajstić information content (AvgIpc) is 2.21. The average molecular weight is 244 g/mol. The Morgan fingerprint density at radius 1 is 1.50 bits per heavy atom. The standard InChI is InChI=1S/C11H14ClNO3/c1-13(11(15)16)7-9(14)6-8-4-2-3-5-10(8)12/h2-5,9,14H,6-7H2,1H3,(H,15,16). The zero-order valence-electron chi connectivity index (χ0n) is 8.93. The molecule has 88 valence electrons. The van der Waals surface area contributed by atoms with Gasteiger partial charge in [0.05, 0.1) is 6.10 Å². The molecule has 0 saturated carbocycles. The highest BCUT2D eigenvalue weighted by atomic mass is 35.5. The van der Waals surface area contributed by atoms with Crippen molar-refractivity contribution in [1.29, 1.82) is 0 Å². The maximum Gasteiger partial charge on any atom is 0.407 e. The first-order valence-electron chi connectivity index (χ1n) is 4.86. The fourth-order valence-corrected chi connectivity index (χ4v) is 1.59. The zero-order valence-corrected chi connectivity index (χ0v) is 9.68. The van der Waals surface area contributed by atoms with E-state index in [2.05, 4.69) is 0 Å². The fraction of sp³-hybridized carbons (Fsp3) is 0.364. The first-order valence-corrected chi connectivity index (χ1v) is 5.24. The van der Waals surface area contributed by atoms with Crippen molar-refractivity contribution in [3.63, 3.8) is 0 Å². The molecule has 16 heavy (non-hydrogen) atoms. The lowest BCUT2D eigenvalue weighted by Gasteiger charge is -2.18. The molecule has 0 bridgehead atoms. The number of halogens is 1. The molecule has 0 aliphatic heterocycles. The molecule has 0 spiro atoms. The van der Waals surface area contributed by atoms with Gasteiger partial charge in [0.2, 0.25) is 0 Å². The van der Waals surface area contributed by atoms with Gasteiger partial charge in [-0.15, -0.1) is 0 Å². The summed E-state index contributed by atoms with van der Waals surface area (Å²) in [7, 11) is 1.41. The van der Waals surface area contributed by atoms with Crippen LogP contribution in [0.2, 0.25) is 5.02 Å². The molecule has 0 aromatic heterocycles. The Bertz CT molecular complexity index is 370. The van der Waals surface area contributed by atoms with Crippen LogP contribution < -0.4 is 0 Å². The van der Waals surface area contributed by atoms with Gasteiger partial charge in [0.25, 0.3) is 0 Å². The van der Waals surface area contributed by atoms with Gasteiger partial charge in [-0.1, -0.05) is 29.8 Å². The second-order valence-electron chi connectivity index (χ2n) is 3.61. The van der Waals surface area contributed by atoms with Crippen LogP contribution in [0.3, 0.4) is 0 Å². The van der Waals surface area contributed by atoms with Gasteiger partial charge in [-0.2, -0.15) is 0 Å². The topological polar surface area (TPSA) is 60.8 Å². The number of rotatable bonds is 4. The first-order chi connectivity index (χ1) is 7.50. The van der Waals surface area contributed by atoms with Crippen LogP contribution in [0.5, 0.6) is 0 Å². The van der Waals surface area contributed by atoms with Crippen LogP contribution in [0.15, 0.2) is 24.3 Å². The van der Waals surface area contributed by atoms with Crippen LogP contribution in [0.25, 0.3) is 0 Å². The molecule has 0 radical (unpaired) electrons. The Labute approximate surface area is 99.1 Å². The number of aliphatic hydroxyl groups is 1. The maximum atomic E-state index is 10.5. The number of aliphatic hydroxyl groups excluding tert-OH is 1. The van der Waals surface area contributed by atoms with Gasteiger partial charge < -0.3 is 15.1 Å². The number of carboxylic acid groups (broad SMARTS) is 1. The predicted octanol–water partition coefficient (Wildman–Crippen LogP) is 1.85. The lowest BCUT2D eigenvalue weighted by molar-refractivity contribution is 0.108. The predicted molar refractivity (Wildman–Crippen MR) is 61.8 cm³/mol. The zero-order chi connectivity index (χ0) is 12.1. The van der Waals surface area contributed by atoms with Crippen LogP contribution in [-0.2, 0) is 6.42 Å². The van der Waals surface area contributed by atoms with E-state index in [9.17, 15) is 9.90 Å². The van der Waals surface area contributed by atoms with Crippen molar-refractivity contribution in [2.45, 2.75) is 12.5 Å². The van der Waals surface area contributed by atoms with Gasteiger partial charge >= 0.3 is 6.09 Å². The Hall–Kier alpha value is -1.26. The SMILES string of the molecule is CN(CC(O)Cc1ccccc1Cl)C(=O)O. The summed E-state index contributed by atoms with van der Waals surface area (Å²) < 4.78 is 0. The van der Waals surface area contributed by atoms with Gasteiger partial charge in [-0.25, -0.2) is 4.79 Å². The molecule has 0 saturated heterocycles. The number of carbonyl (C=O) groups is 1. The minimum atomic E-state index is -1.06. The molecule has 1 rings (SSSR count). The third-order valence-corrected chi connectivity index (χ3v) is 2.59. The van der Waals surface area contributed by atoms with Gasteiger partial charge in [0, 0.05) is 25.0 Å². The number of hydrogen-bond donors (Lipinski definition) is 2. The van der Waals surface area contributed by atoms with Crippen molar-refractivity contribution in [3.8, 4) is 0 Å². The molecule has 1 atom stereocenters. The fourth-order valence-electron chi connectivity index (χ4n) is 1.38. The number of nitrogens with zero attached hydrogens (tertiary/aromatic N) is 1. The normalized spacial score (nSPS) is 12.2. The van der Waals surface area contributed by atoms with E-state index >= 15 is 0 Å². The van der Waals surface area contributed by atoms with Crippen molar-refractivity contribution in [2.24, 2.45) is 0 Å². The van der Waals surface area contributed by atoms with E-state index in [0.29, 0.717) is 11.4 Å². The summed E-state index contributed by atoms with van der Waals surface area (Å²) in [5.74, 6) is 0. The van der Waals surface area contributed by atoms with Gasteiger partial charge in [0.1, 0.15) is 0 Å². The molecule has 1 unspecified atom stereocenters. The van der Waals surface area contributed by atoms with Crippen molar-refractivity contribution in [3.05, 3.63) is 34.9 Å². The van der Waals surface area contributed by atoms with Crippen LogP contribution in [-0.4, -0.2) is 40.9 Å². The molecule has 5 heteroatoms. The lowest BCUT2D eigenvalue weighted by Crippen LogP contribution is -2.34. The molecule has 4 nitrogen and oxygen atoms in total. The van der Waals surface area contributed by atoms with E-state index < -0.39 is 12.2 Å². The summed E-state index contributed by atoms with van der Waals surface area (Å²) in [5, 5.41) is 18.9. The molecule has 2 N–H and O–H groups in total. The minimum Gasteiger partial charge on any atom is -0.465 e. The Kier molecular flexibility index (Phi) is 4.58. The van der Waals surface area contributed by atoms with Crippen molar-refractivity contribution >= 4 is 17.7 Å². The van der Waals surface area contributed by atoms with Crippen molar-refractivity contribution in [2.75, 3.05) is 13.6 Å². The largest absolute Gasteiger partial charge is 0.465 e. The molecular weight excluding hydrogens is 230 g/mol. The highest BCUT2D eigenvalue weighted by Crippen LogP contribution is 2.16. The van der Waals surface area contributed by atoms with Gasteiger partial charge in [0.15, 0.2) is 0 Å². The number of amides is 1. The third-order valence-electron chi connectivity index (χ3n) is 2.22. The van der Waals surface area contributed by atoms with E-state index in [-0.39, 0.29) is 6.54 Å². The van der Waals surface area contributed by atoms with E-state index in [0.717, 1.165) is 10.5 Å². The summed E-state index contributed by atoms with van der Waals surface area (Å²) in [6.45, 7) is 0.0700. The van der Waals surface area contributed by atoms with Gasteiger partial charge in [-0.3, -0.25) is 0 Å². The Morgan fingerprint density at radius 3 is 2.69 bits per heavy atom. The molecule has 0 heterocycles. The number of benzene rings is 1. The van der Waals surface area contributed by atoms with E-state index in [1.165, 1.54) is 7.05 Å². The minimum absolute atomic E-state index is 0.0700. The molecule has 0 aliphatic carbocycles. The molecule has 1 amide bonds. The second kappa shape index (κ2) is 5.72. The summed E-state index contributed by atoms with van der Waals surface area (Å²) in [6.07, 6.45) is -1.46. The second-order valence-corrected chi connectivity index (χ2v) is 4.02. The molecule has 0 aliphatic rings.